The van der Waals surface area contributed by atoms with Gasteiger partial charge in [-0.2, -0.15) is 0 Å². The first-order valence-corrected chi connectivity index (χ1v) is 8.38. The number of nitrogens with zero attached hydrogens (tertiary/aromatic N) is 2. The zero-order valence-corrected chi connectivity index (χ0v) is 13.3. The van der Waals surface area contributed by atoms with Crippen LogP contribution in [0.4, 0.5) is 5.95 Å². The van der Waals surface area contributed by atoms with Gasteiger partial charge in [-0.1, -0.05) is 19.1 Å². The Balaban J connectivity index is 1.77. The molecule has 2 heterocycles. The molecule has 0 atom stereocenters. The lowest BCUT2D eigenvalue weighted by Crippen LogP contribution is -2.36. The number of rotatable bonds is 7. The molecule has 5 heteroatoms. The topological polar surface area (TPSA) is 51.1 Å². The molecule has 120 valence electrons. The van der Waals surface area contributed by atoms with Crippen molar-refractivity contribution in [2.24, 2.45) is 0 Å². The summed E-state index contributed by atoms with van der Waals surface area (Å²) in [6.45, 7) is 6.69. The highest BCUT2D eigenvalue weighted by atomic mass is 16.5. The Morgan fingerprint density at radius 2 is 2.09 bits per heavy atom. The maximum atomic E-state index is 5.66. The van der Waals surface area contributed by atoms with E-state index in [4.69, 9.17) is 9.72 Å². The molecule has 1 aliphatic heterocycles. The average molecular weight is 302 g/mol. The van der Waals surface area contributed by atoms with Crippen molar-refractivity contribution >= 4 is 17.0 Å². The molecule has 1 aliphatic rings. The third-order valence-electron chi connectivity index (χ3n) is 4.13. The van der Waals surface area contributed by atoms with E-state index in [0.29, 0.717) is 6.04 Å². The maximum absolute atomic E-state index is 5.66. The van der Waals surface area contributed by atoms with Crippen LogP contribution in [0.15, 0.2) is 24.3 Å². The van der Waals surface area contributed by atoms with Crippen molar-refractivity contribution in [3.63, 3.8) is 0 Å². The van der Waals surface area contributed by atoms with Crippen molar-refractivity contribution in [2.75, 3.05) is 31.6 Å². The van der Waals surface area contributed by atoms with Crippen LogP contribution >= 0.6 is 0 Å². The zero-order valence-electron chi connectivity index (χ0n) is 13.3. The Bertz CT molecular complexity index is 589. The molecule has 1 fully saturated rings. The van der Waals surface area contributed by atoms with Gasteiger partial charge in [0.25, 0.3) is 0 Å². The molecule has 1 aromatic heterocycles. The highest BCUT2D eigenvalue weighted by Gasteiger charge is 2.17. The number of imidazole rings is 1. The number of aromatic nitrogens is 2. The van der Waals surface area contributed by atoms with Crippen LogP contribution in [-0.4, -0.2) is 41.9 Å². The summed E-state index contributed by atoms with van der Waals surface area (Å²) >= 11 is 0. The number of benzene rings is 1. The smallest absolute Gasteiger partial charge is 0.204 e. The maximum Gasteiger partial charge on any atom is 0.204 e. The third-order valence-corrected chi connectivity index (χ3v) is 4.13. The fourth-order valence-corrected chi connectivity index (χ4v) is 2.96. The van der Waals surface area contributed by atoms with Crippen LogP contribution in [0.1, 0.15) is 26.2 Å². The Morgan fingerprint density at radius 3 is 2.91 bits per heavy atom. The van der Waals surface area contributed by atoms with Gasteiger partial charge in [0.1, 0.15) is 0 Å². The minimum absolute atomic E-state index is 0.508. The van der Waals surface area contributed by atoms with E-state index in [1.165, 1.54) is 5.52 Å². The molecule has 0 amide bonds. The second-order valence-electron chi connectivity index (χ2n) is 5.86. The van der Waals surface area contributed by atoms with E-state index in [2.05, 4.69) is 40.3 Å². The lowest BCUT2D eigenvalue weighted by Gasteiger charge is -2.24. The second-order valence-corrected chi connectivity index (χ2v) is 5.86. The minimum atomic E-state index is 0.508. The van der Waals surface area contributed by atoms with Crippen molar-refractivity contribution in [1.29, 1.82) is 0 Å². The summed E-state index contributed by atoms with van der Waals surface area (Å²) in [4.78, 5) is 4.78. The van der Waals surface area contributed by atoms with Gasteiger partial charge in [-0.05, 0) is 44.5 Å². The average Bonchev–Trinajstić information content (AvgIpc) is 2.90. The van der Waals surface area contributed by atoms with Gasteiger partial charge in [0.05, 0.1) is 17.6 Å². The number of hydrogen-bond acceptors (Lipinski definition) is 4. The van der Waals surface area contributed by atoms with Gasteiger partial charge >= 0.3 is 0 Å². The molecule has 2 N–H and O–H groups in total. The molecule has 0 radical (unpaired) electrons. The van der Waals surface area contributed by atoms with E-state index in [1.54, 1.807) is 0 Å². The summed E-state index contributed by atoms with van der Waals surface area (Å²) in [5.74, 6) is 0.980. The summed E-state index contributed by atoms with van der Waals surface area (Å²) in [6, 6.07) is 8.83. The summed E-state index contributed by atoms with van der Waals surface area (Å²) in [6.07, 6.45) is 3.36. The molecule has 1 aromatic carbocycles. The number of nitrogens with one attached hydrogen (secondary N) is 2. The number of piperidine rings is 1. The quantitative estimate of drug-likeness (QED) is 0.772. The van der Waals surface area contributed by atoms with Crippen LogP contribution in [0, 0.1) is 0 Å². The van der Waals surface area contributed by atoms with Gasteiger partial charge in [0, 0.05) is 19.2 Å². The molecule has 0 bridgehead atoms. The number of ether oxygens (including phenoxy) is 1. The zero-order chi connectivity index (χ0) is 15.2. The van der Waals surface area contributed by atoms with Gasteiger partial charge in [-0.3, -0.25) is 0 Å². The molecule has 2 aromatic rings. The highest BCUT2D eigenvalue weighted by Crippen LogP contribution is 2.21. The summed E-state index contributed by atoms with van der Waals surface area (Å²) in [7, 11) is 0. The van der Waals surface area contributed by atoms with Crippen LogP contribution in [0.25, 0.3) is 11.0 Å². The SMILES string of the molecule is CCCOCCn1c(NC2CCNCC2)nc2ccccc21. The van der Waals surface area contributed by atoms with E-state index < -0.39 is 0 Å². The second kappa shape index (κ2) is 7.61. The Kier molecular flexibility index (Phi) is 5.29. The minimum Gasteiger partial charge on any atom is -0.380 e. The molecule has 1 saturated heterocycles. The molecule has 0 unspecified atom stereocenters. The van der Waals surface area contributed by atoms with Crippen molar-refractivity contribution in [3.8, 4) is 0 Å². The molecule has 22 heavy (non-hydrogen) atoms. The molecular formula is C17H26N4O. The Labute approximate surface area is 132 Å². The monoisotopic (exact) mass is 302 g/mol. The van der Waals surface area contributed by atoms with Gasteiger partial charge in [-0.15, -0.1) is 0 Å². The Hall–Kier alpha value is -1.59. The first kappa shape index (κ1) is 15.3. The van der Waals surface area contributed by atoms with Crippen LogP contribution < -0.4 is 10.6 Å². The van der Waals surface area contributed by atoms with Crippen LogP contribution in [0.5, 0.6) is 0 Å². The number of anilines is 1. The van der Waals surface area contributed by atoms with Gasteiger partial charge in [0.15, 0.2) is 0 Å². The summed E-state index contributed by atoms with van der Waals surface area (Å²) in [5.41, 5.74) is 2.23. The molecule has 0 spiro atoms. The highest BCUT2D eigenvalue weighted by molar-refractivity contribution is 5.78. The van der Waals surface area contributed by atoms with E-state index in [9.17, 15) is 0 Å². The fraction of sp³-hybridized carbons (Fsp3) is 0.588. The van der Waals surface area contributed by atoms with Crippen molar-refractivity contribution in [3.05, 3.63) is 24.3 Å². The van der Waals surface area contributed by atoms with Crippen molar-refractivity contribution in [2.45, 2.75) is 38.8 Å². The van der Waals surface area contributed by atoms with Gasteiger partial charge < -0.3 is 19.9 Å². The van der Waals surface area contributed by atoms with Crippen LogP contribution in [0.2, 0.25) is 0 Å². The largest absolute Gasteiger partial charge is 0.380 e. The van der Waals surface area contributed by atoms with Gasteiger partial charge in [0.2, 0.25) is 5.95 Å². The fourth-order valence-electron chi connectivity index (χ4n) is 2.96. The van der Waals surface area contributed by atoms with Crippen LogP contribution in [0.3, 0.4) is 0 Å². The van der Waals surface area contributed by atoms with Crippen LogP contribution in [-0.2, 0) is 11.3 Å². The standard InChI is InChI=1S/C17H26N4O/c1-2-12-22-13-11-21-16-6-4-3-5-15(16)20-17(21)19-14-7-9-18-10-8-14/h3-6,14,18H,2,7-13H2,1H3,(H,19,20). The normalized spacial score (nSPS) is 16.2. The first-order chi connectivity index (χ1) is 10.9. The van der Waals surface area contributed by atoms with Crippen molar-refractivity contribution in [1.82, 2.24) is 14.9 Å². The van der Waals surface area contributed by atoms with E-state index >= 15 is 0 Å². The third kappa shape index (κ3) is 3.59. The summed E-state index contributed by atoms with van der Waals surface area (Å²) < 4.78 is 7.92. The van der Waals surface area contributed by atoms with E-state index in [-0.39, 0.29) is 0 Å². The van der Waals surface area contributed by atoms with E-state index in [1.807, 2.05) is 6.07 Å². The molecule has 5 nitrogen and oxygen atoms in total. The lowest BCUT2D eigenvalue weighted by molar-refractivity contribution is 0.128. The molecule has 0 saturated carbocycles. The Morgan fingerprint density at radius 1 is 1.27 bits per heavy atom. The van der Waals surface area contributed by atoms with E-state index in [0.717, 1.165) is 63.6 Å². The number of fused-ring (bicyclic) bond motifs is 1. The van der Waals surface area contributed by atoms with Crippen molar-refractivity contribution < 1.29 is 4.74 Å². The first-order valence-electron chi connectivity index (χ1n) is 8.38. The molecule has 3 rings (SSSR count). The lowest BCUT2D eigenvalue weighted by atomic mass is 10.1. The summed E-state index contributed by atoms with van der Waals surface area (Å²) in [5, 5.41) is 7.04. The molecular weight excluding hydrogens is 276 g/mol. The number of hydrogen-bond donors (Lipinski definition) is 2. The molecule has 0 aliphatic carbocycles. The van der Waals surface area contributed by atoms with Gasteiger partial charge in [-0.25, -0.2) is 4.98 Å². The number of para-hydroxylation sites is 2. The predicted molar refractivity (Wildman–Crippen MR) is 90.4 cm³/mol. The predicted octanol–water partition coefficient (Wildman–Crippen LogP) is 2.63.